The van der Waals surface area contributed by atoms with E-state index in [0.29, 0.717) is 46.8 Å². The van der Waals surface area contributed by atoms with E-state index in [1.807, 2.05) is 18.3 Å². The maximum absolute atomic E-state index is 11.3. The van der Waals surface area contributed by atoms with Gasteiger partial charge in [0.05, 0.1) is 23.6 Å². The maximum Gasteiger partial charge on any atom is 0.335 e. The quantitative estimate of drug-likeness (QED) is 0.283. The molecule has 3 atom stereocenters. The number of carbonyl (C=O) groups is 1. The van der Waals surface area contributed by atoms with E-state index in [1.54, 1.807) is 31.3 Å². The zero-order chi connectivity index (χ0) is 27.5. The number of nitrogens with one attached hydrogen (secondary N) is 2. The van der Waals surface area contributed by atoms with Crippen molar-refractivity contribution in [3.05, 3.63) is 60.2 Å². The number of hydrogen-bond donors (Lipinski definition) is 3. The highest BCUT2D eigenvalue weighted by Crippen LogP contribution is 2.28. The van der Waals surface area contributed by atoms with Crippen molar-refractivity contribution < 1.29 is 18.8 Å². The SMILES string of the molecule is Cc1nc(-c2ccc(N3CCCC(NC4CCCCC4Nc4ncc(-c5cccc(C(=O)O)c5)o4)C3)cn2)no1. The minimum atomic E-state index is -0.968. The zero-order valence-electron chi connectivity index (χ0n) is 22.4. The zero-order valence-corrected chi connectivity index (χ0v) is 22.4. The molecule has 2 fully saturated rings. The van der Waals surface area contributed by atoms with Crippen LogP contribution in [0, 0.1) is 6.92 Å². The largest absolute Gasteiger partial charge is 0.478 e. The van der Waals surface area contributed by atoms with E-state index in [4.69, 9.17) is 8.94 Å². The molecule has 3 unspecified atom stereocenters. The van der Waals surface area contributed by atoms with Crippen LogP contribution in [-0.4, -0.2) is 62.4 Å². The standard InChI is InChI=1S/C29H33N7O4/c1-18-32-27(35-40-18)25-12-11-22(15-30-25)36-13-5-8-21(17-36)33-23-9-2-3-10-24(23)34-29-31-16-26(39-29)19-6-4-7-20(14-19)28(37)38/h4,6-7,11-12,14-16,21,23-24,33H,2-3,5,8-10,13,17H2,1H3,(H,31,34)(H,37,38). The molecule has 1 saturated heterocycles. The second-order valence-electron chi connectivity index (χ2n) is 10.5. The number of aromatic nitrogens is 4. The molecule has 1 aromatic carbocycles. The normalized spacial score (nSPS) is 21.3. The molecule has 0 bridgehead atoms. The molecular weight excluding hydrogens is 510 g/mol. The molecule has 6 rings (SSSR count). The summed E-state index contributed by atoms with van der Waals surface area (Å²) in [6, 6.07) is 12.0. The number of piperidine rings is 1. The van der Waals surface area contributed by atoms with Crippen molar-refractivity contribution in [3.8, 4) is 22.8 Å². The van der Waals surface area contributed by atoms with Gasteiger partial charge in [0.15, 0.2) is 5.76 Å². The molecular formula is C29H33N7O4. The van der Waals surface area contributed by atoms with E-state index in [1.165, 1.54) is 6.42 Å². The third-order valence-corrected chi connectivity index (χ3v) is 7.72. The molecule has 1 aliphatic heterocycles. The number of carboxylic acid groups (broad SMARTS) is 1. The minimum absolute atomic E-state index is 0.195. The first-order valence-corrected chi connectivity index (χ1v) is 13.9. The van der Waals surface area contributed by atoms with Crippen molar-refractivity contribution in [1.29, 1.82) is 0 Å². The van der Waals surface area contributed by atoms with Crippen LogP contribution in [0.5, 0.6) is 0 Å². The van der Waals surface area contributed by atoms with Crippen LogP contribution in [0.2, 0.25) is 0 Å². The fourth-order valence-corrected chi connectivity index (χ4v) is 5.70. The molecule has 2 aliphatic rings. The van der Waals surface area contributed by atoms with Crippen molar-refractivity contribution in [1.82, 2.24) is 25.4 Å². The van der Waals surface area contributed by atoms with Crippen molar-refractivity contribution in [2.24, 2.45) is 0 Å². The van der Waals surface area contributed by atoms with E-state index in [2.05, 4.69) is 41.7 Å². The predicted molar refractivity (Wildman–Crippen MR) is 149 cm³/mol. The Morgan fingerprint density at radius 1 is 1.05 bits per heavy atom. The van der Waals surface area contributed by atoms with Crippen LogP contribution in [0.1, 0.15) is 54.8 Å². The van der Waals surface area contributed by atoms with Crippen molar-refractivity contribution in [2.75, 3.05) is 23.3 Å². The van der Waals surface area contributed by atoms with Gasteiger partial charge in [0, 0.05) is 43.7 Å². The van der Waals surface area contributed by atoms with E-state index in [0.717, 1.165) is 50.9 Å². The molecule has 11 nitrogen and oxygen atoms in total. The Labute approximate surface area is 232 Å². The van der Waals surface area contributed by atoms with E-state index in [-0.39, 0.29) is 11.6 Å². The lowest BCUT2D eigenvalue weighted by Gasteiger charge is -2.40. The highest BCUT2D eigenvalue weighted by molar-refractivity contribution is 5.89. The van der Waals surface area contributed by atoms with Crippen LogP contribution in [0.3, 0.4) is 0 Å². The number of oxazole rings is 1. The number of aromatic carboxylic acids is 1. The van der Waals surface area contributed by atoms with Crippen LogP contribution >= 0.6 is 0 Å². The number of benzene rings is 1. The Morgan fingerprint density at radius 2 is 1.93 bits per heavy atom. The van der Waals surface area contributed by atoms with Gasteiger partial charge in [-0.1, -0.05) is 30.1 Å². The van der Waals surface area contributed by atoms with Crippen molar-refractivity contribution >= 4 is 17.7 Å². The Bertz CT molecular complexity index is 1450. The molecule has 40 heavy (non-hydrogen) atoms. The average Bonchev–Trinajstić information content (AvgIpc) is 3.64. The van der Waals surface area contributed by atoms with Crippen LogP contribution in [0.15, 0.2) is 57.7 Å². The number of nitrogens with zero attached hydrogens (tertiary/aromatic N) is 5. The molecule has 0 spiro atoms. The molecule has 0 amide bonds. The van der Waals surface area contributed by atoms with Gasteiger partial charge in [-0.3, -0.25) is 4.98 Å². The third-order valence-electron chi connectivity index (χ3n) is 7.72. The summed E-state index contributed by atoms with van der Waals surface area (Å²) >= 11 is 0. The smallest absolute Gasteiger partial charge is 0.335 e. The van der Waals surface area contributed by atoms with Gasteiger partial charge in [-0.15, -0.1) is 0 Å². The molecule has 3 N–H and O–H groups in total. The summed E-state index contributed by atoms with van der Waals surface area (Å²) in [4.78, 5) is 27.0. The first kappa shape index (κ1) is 26.0. The lowest BCUT2D eigenvalue weighted by atomic mass is 9.89. The molecule has 208 valence electrons. The first-order valence-electron chi connectivity index (χ1n) is 13.9. The summed E-state index contributed by atoms with van der Waals surface area (Å²) < 4.78 is 11.1. The summed E-state index contributed by atoms with van der Waals surface area (Å²) in [5.74, 6) is 0.604. The fraction of sp³-hybridized carbons (Fsp3) is 0.414. The molecule has 4 aromatic rings. The lowest BCUT2D eigenvalue weighted by molar-refractivity contribution is 0.0697. The van der Waals surface area contributed by atoms with E-state index in [9.17, 15) is 9.90 Å². The van der Waals surface area contributed by atoms with Crippen LogP contribution in [0.4, 0.5) is 11.7 Å². The minimum Gasteiger partial charge on any atom is -0.478 e. The Morgan fingerprint density at radius 3 is 2.70 bits per heavy atom. The number of carboxylic acids is 1. The van der Waals surface area contributed by atoms with Gasteiger partial charge in [0.1, 0.15) is 5.69 Å². The molecule has 4 heterocycles. The number of anilines is 2. The number of rotatable bonds is 8. The number of pyridine rings is 1. The van der Waals surface area contributed by atoms with Gasteiger partial charge in [-0.25, -0.2) is 9.78 Å². The maximum atomic E-state index is 11.3. The number of aryl methyl sites for hydroxylation is 1. The highest BCUT2D eigenvalue weighted by Gasteiger charge is 2.30. The van der Waals surface area contributed by atoms with Gasteiger partial charge in [-0.05, 0) is 49.9 Å². The second kappa shape index (κ2) is 11.5. The summed E-state index contributed by atoms with van der Waals surface area (Å²) in [6.07, 6.45) is 10.2. The van der Waals surface area contributed by atoms with Gasteiger partial charge in [0.25, 0.3) is 6.01 Å². The number of hydrogen-bond acceptors (Lipinski definition) is 10. The van der Waals surface area contributed by atoms with Gasteiger partial charge >= 0.3 is 5.97 Å². The van der Waals surface area contributed by atoms with Gasteiger partial charge in [0.2, 0.25) is 11.7 Å². The van der Waals surface area contributed by atoms with Crippen LogP contribution in [-0.2, 0) is 0 Å². The van der Waals surface area contributed by atoms with E-state index < -0.39 is 5.97 Å². The van der Waals surface area contributed by atoms with E-state index >= 15 is 0 Å². The summed E-state index contributed by atoms with van der Waals surface area (Å²) in [5, 5.41) is 20.7. The predicted octanol–water partition coefficient (Wildman–Crippen LogP) is 4.77. The summed E-state index contributed by atoms with van der Waals surface area (Å²) in [5.41, 5.74) is 2.70. The van der Waals surface area contributed by atoms with Crippen molar-refractivity contribution in [3.63, 3.8) is 0 Å². The molecule has 1 saturated carbocycles. The Balaban J connectivity index is 1.08. The monoisotopic (exact) mass is 543 g/mol. The fourth-order valence-electron chi connectivity index (χ4n) is 5.70. The van der Waals surface area contributed by atoms with Crippen molar-refractivity contribution in [2.45, 2.75) is 63.6 Å². The summed E-state index contributed by atoms with van der Waals surface area (Å²) in [6.45, 7) is 3.67. The average molecular weight is 544 g/mol. The molecule has 0 radical (unpaired) electrons. The molecule has 11 heteroatoms. The topological polar surface area (TPSA) is 142 Å². The Hall–Kier alpha value is -4.25. The second-order valence-corrected chi connectivity index (χ2v) is 10.5. The third kappa shape index (κ3) is 5.84. The molecule has 3 aromatic heterocycles. The van der Waals surface area contributed by atoms with Crippen LogP contribution in [0.25, 0.3) is 22.8 Å². The van der Waals surface area contributed by atoms with Gasteiger partial charge in [-0.2, -0.15) is 4.98 Å². The van der Waals surface area contributed by atoms with Gasteiger partial charge < -0.3 is 29.6 Å². The lowest BCUT2D eigenvalue weighted by Crippen LogP contribution is -2.54. The summed E-state index contributed by atoms with van der Waals surface area (Å²) in [7, 11) is 0. The first-order chi connectivity index (χ1) is 19.5. The molecule has 1 aliphatic carbocycles. The Kier molecular flexibility index (Phi) is 7.45. The highest BCUT2D eigenvalue weighted by atomic mass is 16.5. The van der Waals surface area contributed by atoms with Crippen LogP contribution < -0.4 is 15.5 Å².